The monoisotopic (exact) mass is 442 g/mol. The molecule has 0 atom stereocenters. The number of halogens is 2. The average molecular weight is 443 g/mol. The van der Waals surface area contributed by atoms with Gasteiger partial charge in [0.15, 0.2) is 0 Å². The van der Waals surface area contributed by atoms with E-state index in [1.165, 1.54) is 0 Å². The Morgan fingerprint density at radius 1 is 0.900 bits per heavy atom. The van der Waals surface area contributed by atoms with Gasteiger partial charge in [0.05, 0.1) is 15.7 Å². The van der Waals surface area contributed by atoms with Gasteiger partial charge in [0, 0.05) is 56.9 Å². The van der Waals surface area contributed by atoms with E-state index in [0.717, 1.165) is 37.4 Å². The van der Waals surface area contributed by atoms with Crippen LogP contribution < -0.4 is 9.80 Å². The van der Waals surface area contributed by atoms with Crippen LogP contribution in [-0.4, -0.2) is 56.0 Å². The summed E-state index contributed by atoms with van der Waals surface area (Å²) in [7, 11) is 4.02. The molecule has 0 unspecified atom stereocenters. The molecule has 0 spiro atoms. The Balaban J connectivity index is 1.67. The van der Waals surface area contributed by atoms with Gasteiger partial charge in [-0.3, -0.25) is 9.69 Å². The smallest absolute Gasteiger partial charge is 0.279 e. The largest absolute Gasteiger partial charge is 0.368 e. The van der Waals surface area contributed by atoms with Crippen molar-refractivity contribution < 1.29 is 4.79 Å². The molecular weight excluding hydrogens is 419 g/mol. The first kappa shape index (κ1) is 20.8. The molecule has 30 heavy (non-hydrogen) atoms. The quantitative estimate of drug-likeness (QED) is 0.652. The van der Waals surface area contributed by atoms with E-state index in [1.54, 1.807) is 29.3 Å². The van der Waals surface area contributed by atoms with Crippen LogP contribution in [0.25, 0.3) is 6.08 Å². The number of anilines is 2. The molecule has 2 aromatic rings. The maximum Gasteiger partial charge on any atom is 0.279 e. The summed E-state index contributed by atoms with van der Waals surface area (Å²) in [6, 6.07) is 13.4. The summed E-state index contributed by atoms with van der Waals surface area (Å²) in [5.74, 6) is -0.119. The van der Waals surface area contributed by atoms with E-state index in [1.807, 2.05) is 36.4 Å². The van der Waals surface area contributed by atoms with E-state index in [-0.39, 0.29) is 5.91 Å². The number of piperazine rings is 1. The molecule has 2 heterocycles. The fourth-order valence-corrected chi connectivity index (χ4v) is 3.98. The van der Waals surface area contributed by atoms with Gasteiger partial charge in [-0.05, 0) is 37.4 Å². The summed E-state index contributed by atoms with van der Waals surface area (Å²) >= 11 is 12.2. The lowest BCUT2D eigenvalue weighted by Crippen LogP contribution is -2.44. The number of likely N-dealkylation sites (N-methyl/N-ethyl adjacent to an activating group) is 2. The topological polar surface area (TPSA) is 30.0 Å². The first-order valence-electron chi connectivity index (χ1n) is 9.88. The van der Waals surface area contributed by atoms with Crippen LogP contribution in [0, 0.1) is 0 Å². The molecule has 2 aliphatic heterocycles. The fraction of sp³-hybridized carbons (Fsp3) is 0.261. The highest BCUT2D eigenvalue weighted by Gasteiger charge is 2.26. The van der Waals surface area contributed by atoms with Crippen molar-refractivity contribution in [3.05, 3.63) is 76.2 Å². The lowest BCUT2D eigenvalue weighted by Gasteiger charge is -2.35. The first-order valence-corrected chi connectivity index (χ1v) is 10.6. The average Bonchev–Trinajstić information content (AvgIpc) is 2.74. The van der Waals surface area contributed by atoms with E-state index >= 15 is 0 Å². The molecule has 0 saturated carbocycles. The van der Waals surface area contributed by atoms with Gasteiger partial charge in [-0.1, -0.05) is 41.4 Å². The third-order valence-electron chi connectivity index (χ3n) is 5.51. The standard InChI is InChI=1S/C23H24Cl2N4O/c1-26-9-12-28(13-10-26)21-6-4-3-5-17(21)15-22-23(30)29(14-11-27(22)2)18-7-8-19(24)20(25)16-18/h3-8,11,14-16H,9-10,12-13H2,1-2H3. The van der Waals surface area contributed by atoms with E-state index in [9.17, 15) is 4.79 Å². The van der Waals surface area contributed by atoms with Gasteiger partial charge in [-0.15, -0.1) is 0 Å². The van der Waals surface area contributed by atoms with Crippen molar-refractivity contribution in [2.75, 3.05) is 50.1 Å². The second kappa shape index (κ2) is 8.72. The molecule has 0 bridgehead atoms. The van der Waals surface area contributed by atoms with Crippen molar-refractivity contribution in [2.45, 2.75) is 0 Å². The van der Waals surface area contributed by atoms with Crippen LogP contribution in [0.2, 0.25) is 10.0 Å². The van der Waals surface area contributed by atoms with E-state index in [2.05, 4.69) is 29.0 Å². The van der Waals surface area contributed by atoms with Gasteiger partial charge in [-0.2, -0.15) is 0 Å². The number of hydrogen-bond acceptors (Lipinski definition) is 4. The Labute approximate surface area is 187 Å². The molecule has 0 aliphatic carbocycles. The highest BCUT2D eigenvalue weighted by molar-refractivity contribution is 6.42. The summed E-state index contributed by atoms with van der Waals surface area (Å²) in [6.07, 6.45) is 5.57. The second-order valence-corrected chi connectivity index (χ2v) is 8.38. The zero-order valence-electron chi connectivity index (χ0n) is 17.1. The van der Waals surface area contributed by atoms with Crippen molar-refractivity contribution in [3.8, 4) is 0 Å². The second-order valence-electron chi connectivity index (χ2n) is 7.56. The summed E-state index contributed by atoms with van der Waals surface area (Å²) in [6.45, 7) is 3.99. The number of rotatable bonds is 3. The lowest BCUT2D eigenvalue weighted by atomic mass is 10.1. The predicted molar refractivity (Wildman–Crippen MR) is 125 cm³/mol. The van der Waals surface area contributed by atoms with Crippen molar-refractivity contribution in [1.29, 1.82) is 0 Å². The molecule has 0 radical (unpaired) electrons. The molecule has 1 fully saturated rings. The van der Waals surface area contributed by atoms with Crippen molar-refractivity contribution in [1.82, 2.24) is 9.80 Å². The molecule has 5 nitrogen and oxygen atoms in total. The maximum atomic E-state index is 13.3. The Morgan fingerprint density at radius 2 is 1.63 bits per heavy atom. The minimum atomic E-state index is -0.119. The summed E-state index contributed by atoms with van der Waals surface area (Å²) in [4.78, 5) is 21.5. The summed E-state index contributed by atoms with van der Waals surface area (Å²) in [5, 5.41) is 0.878. The molecule has 1 amide bonds. The zero-order chi connectivity index (χ0) is 21.3. The Bertz CT molecular complexity index is 1010. The number of benzene rings is 2. The van der Waals surface area contributed by atoms with E-state index in [0.29, 0.717) is 21.4 Å². The number of carbonyl (C=O) groups excluding carboxylic acids is 1. The number of carbonyl (C=O) groups is 1. The molecule has 7 heteroatoms. The van der Waals surface area contributed by atoms with Crippen molar-refractivity contribution >= 4 is 46.6 Å². The number of para-hydroxylation sites is 1. The maximum absolute atomic E-state index is 13.3. The molecule has 0 aromatic heterocycles. The number of nitrogens with zero attached hydrogens (tertiary/aromatic N) is 4. The highest BCUT2D eigenvalue weighted by Crippen LogP contribution is 2.31. The molecule has 156 valence electrons. The highest BCUT2D eigenvalue weighted by atomic mass is 35.5. The van der Waals surface area contributed by atoms with Gasteiger partial charge in [0.1, 0.15) is 5.70 Å². The third-order valence-corrected chi connectivity index (χ3v) is 6.25. The predicted octanol–water partition coefficient (Wildman–Crippen LogP) is 4.54. The Hall–Kier alpha value is -2.47. The van der Waals surface area contributed by atoms with Crippen LogP contribution >= 0.6 is 23.2 Å². The third kappa shape index (κ3) is 4.19. The summed E-state index contributed by atoms with van der Waals surface area (Å²) < 4.78 is 0. The molecular formula is C23H24Cl2N4O. The zero-order valence-corrected chi connectivity index (χ0v) is 18.6. The Morgan fingerprint density at radius 3 is 2.37 bits per heavy atom. The van der Waals surface area contributed by atoms with Crippen LogP contribution in [-0.2, 0) is 4.79 Å². The molecule has 2 aromatic carbocycles. The molecule has 1 saturated heterocycles. The van der Waals surface area contributed by atoms with Crippen LogP contribution in [0.15, 0.2) is 60.6 Å². The van der Waals surface area contributed by atoms with Gasteiger partial charge < -0.3 is 14.7 Å². The fourth-order valence-electron chi connectivity index (χ4n) is 3.68. The van der Waals surface area contributed by atoms with Gasteiger partial charge in [0.25, 0.3) is 5.91 Å². The normalized spacial score (nSPS) is 19.1. The first-order chi connectivity index (χ1) is 14.4. The Kier molecular flexibility index (Phi) is 6.04. The van der Waals surface area contributed by atoms with E-state index in [4.69, 9.17) is 23.2 Å². The van der Waals surface area contributed by atoms with Crippen LogP contribution in [0.3, 0.4) is 0 Å². The van der Waals surface area contributed by atoms with Crippen molar-refractivity contribution in [3.63, 3.8) is 0 Å². The van der Waals surface area contributed by atoms with Gasteiger partial charge >= 0.3 is 0 Å². The summed E-state index contributed by atoms with van der Waals surface area (Å²) in [5.41, 5.74) is 3.44. The number of amides is 1. The van der Waals surface area contributed by atoms with Gasteiger partial charge in [-0.25, -0.2) is 0 Å². The van der Waals surface area contributed by atoms with E-state index < -0.39 is 0 Å². The number of hydrogen-bond donors (Lipinski definition) is 0. The minimum absolute atomic E-state index is 0.119. The molecule has 4 rings (SSSR count). The lowest BCUT2D eigenvalue weighted by molar-refractivity contribution is -0.115. The van der Waals surface area contributed by atoms with Gasteiger partial charge in [0.2, 0.25) is 0 Å². The van der Waals surface area contributed by atoms with Crippen LogP contribution in [0.4, 0.5) is 11.4 Å². The van der Waals surface area contributed by atoms with Crippen LogP contribution in [0.1, 0.15) is 5.56 Å². The van der Waals surface area contributed by atoms with Crippen molar-refractivity contribution in [2.24, 2.45) is 0 Å². The van der Waals surface area contributed by atoms with Crippen LogP contribution in [0.5, 0.6) is 0 Å². The molecule has 2 aliphatic rings. The minimum Gasteiger partial charge on any atom is -0.368 e. The molecule has 0 N–H and O–H groups in total. The SMILES string of the molecule is CN1CCN(c2ccccc2C=C2C(=O)N(c3ccc(Cl)c(Cl)c3)C=CN2C)CC1.